The summed E-state index contributed by atoms with van der Waals surface area (Å²) >= 11 is 0. The predicted octanol–water partition coefficient (Wildman–Crippen LogP) is 7.06. The lowest BCUT2D eigenvalue weighted by molar-refractivity contribution is -0.110. The Morgan fingerprint density at radius 3 is 1.58 bits per heavy atom. The molecule has 0 aromatic rings. The third-order valence-corrected chi connectivity index (χ3v) is 10.4. The van der Waals surface area contributed by atoms with E-state index in [0.29, 0.717) is 17.7 Å². The topological polar surface area (TPSA) is 9.23 Å². The van der Waals surface area contributed by atoms with Gasteiger partial charge in [-0.25, -0.2) is 0 Å². The standard InChI is InChI=1S/C24H41BO/c1-9-14(2)26-25(21-12-17-10-19(15(21)3)23(17,5)6)22-13-18-11-20(16(22)4)24(18,7)8/h9,15-22H,10-13H2,1-8H3/b14-9+/t15-,16-,17-,18-,19+,20+,21-,22-/m1/s1. The van der Waals surface area contributed by atoms with Gasteiger partial charge in [0.05, 0.1) is 5.76 Å². The minimum absolute atomic E-state index is 0.444. The van der Waals surface area contributed by atoms with Gasteiger partial charge in [-0.05, 0) is 97.5 Å². The lowest BCUT2D eigenvalue weighted by atomic mass is 9.27. The lowest BCUT2D eigenvalue weighted by Crippen LogP contribution is -2.60. The molecule has 0 spiro atoms. The molecule has 0 aliphatic heterocycles. The van der Waals surface area contributed by atoms with Gasteiger partial charge in [-0.15, -0.1) is 0 Å². The Morgan fingerprint density at radius 1 is 0.846 bits per heavy atom. The minimum atomic E-state index is 0.444. The molecule has 0 saturated heterocycles. The fourth-order valence-corrected chi connectivity index (χ4v) is 8.02. The van der Waals surface area contributed by atoms with Crippen LogP contribution in [0.2, 0.25) is 11.6 Å². The quantitative estimate of drug-likeness (QED) is 0.387. The molecule has 6 saturated carbocycles. The van der Waals surface area contributed by atoms with Crippen LogP contribution >= 0.6 is 0 Å². The maximum absolute atomic E-state index is 6.75. The highest BCUT2D eigenvalue weighted by Crippen LogP contribution is 2.69. The SMILES string of the molecule is C/C=C(\C)OB([C@@H]1C[C@H]2C[C@@H]([C@H]1C)C2(C)C)[C@@H]1C[C@H]2C[C@@H]([C@H]1C)C2(C)C. The first-order chi connectivity index (χ1) is 12.1. The molecule has 8 atom stereocenters. The smallest absolute Gasteiger partial charge is 0.364 e. The zero-order valence-electron chi connectivity index (χ0n) is 18.5. The summed E-state index contributed by atoms with van der Waals surface area (Å²) in [5.41, 5.74) is 1.14. The maximum Gasteiger partial charge on any atom is 0.364 e. The van der Waals surface area contributed by atoms with E-state index in [0.717, 1.165) is 52.9 Å². The van der Waals surface area contributed by atoms with Crippen molar-refractivity contribution in [3.05, 3.63) is 11.8 Å². The van der Waals surface area contributed by atoms with E-state index in [4.69, 9.17) is 4.65 Å². The van der Waals surface area contributed by atoms with Crippen LogP contribution in [0, 0.1) is 46.3 Å². The van der Waals surface area contributed by atoms with Crippen molar-refractivity contribution in [2.24, 2.45) is 46.3 Å². The van der Waals surface area contributed by atoms with Crippen molar-refractivity contribution in [2.75, 3.05) is 0 Å². The maximum atomic E-state index is 6.75. The zero-order valence-corrected chi connectivity index (χ0v) is 18.5. The summed E-state index contributed by atoms with van der Waals surface area (Å²) in [5, 5.41) is 0. The van der Waals surface area contributed by atoms with Crippen molar-refractivity contribution in [3.63, 3.8) is 0 Å². The van der Waals surface area contributed by atoms with Crippen molar-refractivity contribution in [2.45, 2.75) is 92.7 Å². The van der Waals surface area contributed by atoms with E-state index >= 15 is 0 Å². The molecule has 4 bridgehead atoms. The zero-order chi connectivity index (χ0) is 19.0. The molecule has 0 N–H and O–H groups in total. The average Bonchev–Trinajstić information content (AvgIpc) is 2.59. The molecule has 0 aromatic heterocycles. The van der Waals surface area contributed by atoms with E-state index in [-0.39, 0.29) is 0 Å². The van der Waals surface area contributed by atoms with Gasteiger partial charge in [0.15, 0.2) is 0 Å². The normalized spacial score (nSPS) is 48.2. The van der Waals surface area contributed by atoms with Crippen LogP contribution in [0.25, 0.3) is 0 Å². The van der Waals surface area contributed by atoms with E-state index < -0.39 is 0 Å². The molecule has 6 fully saturated rings. The van der Waals surface area contributed by atoms with Crippen molar-refractivity contribution in [1.82, 2.24) is 0 Å². The van der Waals surface area contributed by atoms with Gasteiger partial charge in [0.25, 0.3) is 0 Å². The van der Waals surface area contributed by atoms with E-state index in [1.807, 2.05) is 0 Å². The van der Waals surface area contributed by atoms with Crippen molar-refractivity contribution in [1.29, 1.82) is 0 Å². The molecule has 0 amide bonds. The Balaban J connectivity index is 1.58. The molecule has 0 heterocycles. The highest BCUT2D eigenvalue weighted by atomic mass is 16.4. The molecule has 146 valence electrons. The van der Waals surface area contributed by atoms with Crippen molar-refractivity contribution in [3.8, 4) is 0 Å². The Bertz CT molecular complexity index is 549. The van der Waals surface area contributed by atoms with Gasteiger partial charge in [-0.1, -0.05) is 47.6 Å². The van der Waals surface area contributed by atoms with Gasteiger partial charge in [-0.2, -0.15) is 0 Å². The third-order valence-electron chi connectivity index (χ3n) is 10.4. The second-order valence-corrected chi connectivity index (χ2v) is 11.7. The van der Waals surface area contributed by atoms with Crippen LogP contribution in [0.4, 0.5) is 0 Å². The second-order valence-electron chi connectivity index (χ2n) is 11.7. The highest BCUT2D eigenvalue weighted by molar-refractivity contribution is 6.56. The van der Waals surface area contributed by atoms with Gasteiger partial charge in [-0.3, -0.25) is 0 Å². The molecule has 6 aliphatic rings. The van der Waals surface area contributed by atoms with Gasteiger partial charge >= 0.3 is 6.92 Å². The summed E-state index contributed by atoms with van der Waals surface area (Å²) < 4.78 is 6.75. The summed E-state index contributed by atoms with van der Waals surface area (Å²) in [7, 11) is 0. The molecule has 6 rings (SSSR count). The number of hydrogen-bond acceptors (Lipinski definition) is 1. The second kappa shape index (κ2) is 6.05. The molecule has 6 aliphatic carbocycles. The van der Waals surface area contributed by atoms with Crippen LogP contribution in [0.3, 0.4) is 0 Å². The van der Waals surface area contributed by atoms with Crippen LogP contribution < -0.4 is 0 Å². The first-order valence-electron chi connectivity index (χ1n) is 11.4. The fraction of sp³-hybridized carbons (Fsp3) is 0.917. The summed E-state index contributed by atoms with van der Waals surface area (Å²) in [6.45, 7) is 19.9. The van der Waals surface area contributed by atoms with Crippen molar-refractivity contribution >= 4 is 6.92 Å². The molecular formula is C24H41BO. The monoisotopic (exact) mass is 356 g/mol. The summed E-state index contributed by atoms with van der Waals surface area (Å²) in [4.78, 5) is 0. The van der Waals surface area contributed by atoms with E-state index in [1.165, 1.54) is 25.7 Å². The van der Waals surface area contributed by atoms with E-state index in [2.05, 4.69) is 61.5 Å². The Morgan fingerprint density at radius 2 is 1.27 bits per heavy atom. The Labute approximate surface area is 162 Å². The van der Waals surface area contributed by atoms with Crippen LogP contribution in [0.5, 0.6) is 0 Å². The van der Waals surface area contributed by atoms with Gasteiger partial charge in [0.2, 0.25) is 0 Å². The van der Waals surface area contributed by atoms with Crippen LogP contribution in [-0.4, -0.2) is 6.92 Å². The first kappa shape index (κ1) is 18.9. The lowest BCUT2D eigenvalue weighted by Gasteiger charge is -2.65. The fourth-order valence-electron chi connectivity index (χ4n) is 8.02. The number of rotatable bonds is 4. The highest BCUT2D eigenvalue weighted by Gasteiger charge is 2.63. The Kier molecular flexibility index (Phi) is 4.41. The van der Waals surface area contributed by atoms with Crippen LogP contribution in [-0.2, 0) is 4.65 Å². The van der Waals surface area contributed by atoms with Crippen LogP contribution in [0.15, 0.2) is 11.8 Å². The molecule has 0 unspecified atom stereocenters. The summed E-state index contributed by atoms with van der Waals surface area (Å²) in [6, 6.07) is 0. The largest absolute Gasteiger partial charge is 0.563 e. The van der Waals surface area contributed by atoms with Crippen LogP contribution in [0.1, 0.15) is 81.1 Å². The molecule has 0 radical (unpaired) electrons. The third kappa shape index (κ3) is 2.49. The number of fused-ring (bicyclic) bond motifs is 4. The predicted molar refractivity (Wildman–Crippen MR) is 112 cm³/mol. The van der Waals surface area contributed by atoms with Gasteiger partial charge < -0.3 is 4.65 Å². The molecule has 2 heteroatoms. The molecule has 0 aromatic carbocycles. The molecule has 26 heavy (non-hydrogen) atoms. The van der Waals surface area contributed by atoms with Gasteiger partial charge in [0.1, 0.15) is 0 Å². The summed E-state index contributed by atoms with van der Waals surface area (Å²) in [6.07, 6.45) is 7.91. The Hall–Kier alpha value is -0.395. The number of hydrogen-bond donors (Lipinski definition) is 0. The van der Waals surface area contributed by atoms with Crippen molar-refractivity contribution < 1.29 is 4.65 Å². The van der Waals surface area contributed by atoms with E-state index in [9.17, 15) is 0 Å². The summed E-state index contributed by atoms with van der Waals surface area (Å²) in [5.74, 6) is 7.95. The van der Waals surface area contributed by atoms with Gasteiger partial charge in [0, 0.05) is 0 Å². The first-order valence-corrected chi connectivity index (χ1v) is 11.4. The molecule has 1 nitrogen and oxygen atoms in total. The minimum Gasteiger partial charge on any atom is -0.563 e. The molecular weight excluding hydrogens is 315 g/mol. The number of allylic oxidation sites excluding steroid dienone is 2. The average molecular weight is 356 g/mol. The van der Waals surface area contributed by atoms with E-state index in [1.54, 1.807) is 0 Å².